The van der Waals surface area contributed by atoms with Crippen molar-refractivity contribution in [2.24, 2.45) is 5.73 Å². The molecule has 0 aliphatic rings. The van der Waals surface area contributed by atoms with Gasteiger partial charge in [-0.1, -0.05) is 26.7 Å². The molecule has 0 bridgehead atoms. The van der Waals surface area contributed by atoms with Crippen molar-refractivity contribution >= 4 is 6.03 Å². The van der Waals surface area contributed by atoms with Gasteiger partial charge in [0.2, 0.25) is 0 Å². The number of carbonyl (C=O) groups excluding carboxylic acids is 1. The summed E-state index contributed by atoms with van der Waals surface area (Å²) in [7, 11) is 0. The van der Waals surface area contributed by atoms with Crippen molar-refractivity contribution in [3.63, 3.8) is 0 Å². The number of carbonyl (C=O) groups is 1. The van der Waals surface area contributed by atoms with Gasteiger partial charge in [0.05, 0.1) is 0 Å². The molecule has 13 heavy (non-hydrogen) atoms. The van der Waals surface area contributed by atoms with Crippen LogP contribution in [0.25, 0.3) is 0 Å². The average Bonchev–Trinajstić information content (AvgIpc) is 2.04. The molecule has 0 heterocycles. The molecular formula is C9H20N2O2. The van der Waals surface area contributed by atoms with Crippen LogP contribution in [0.1, 0.15) is 39.5 Å². The number of hydrogen-bond donors (Lipinski definition) is 2. The summed E-state index contributed by atoms with van der Waals surface area (Å²) in [6.07, 6.45) is 3.67. The summed E-state index contributed by atoms with van der Waals surface area (Å²) in [6, 6.07) is -0.519. The number of unbranched alkanes of at least 4 members (excludes halogenated alkanes) is 1. The molecule has 3 N–H and O–H groups in total. The maximum absolute atomic E-state index is 10.5. The molecule has 0 saturated heterocycles. The molecule has 4 nitrogen and oxygen atoms in total. The number of rotatable bonds is 7. The van der Waals surface area contributed by atoms with E-state index < -0.39 is 6.03 Å². The van der Waals surface area contributed by atoms with Crippen molar-refractivity contribution in [3.8, 4) is 0 Å². The van der Waals surface area contributed by atoms with E-state index in [1.807, 2.05) is 6.92 Å². The van der Waals surface area contributed by atoms with E-state index in [-0.39, 0.29) is 6.23 Å². The Bertz CT molecular complexity index is 140. The average molecular weight is 188 g/mol. The zero-order chi connectivity index (χ0) is 10.1. The SMILES string of the molecule is CCCCOC(CCC)NC(N)=O. The molecule has 0 aromatic rings. The normalized spacial score (nSPS) is 12.5. The zero-order valence-electron chi connectivity index (χ0n) is 8.51. The van der Waals surface area contributed by atoms with Gasteiger partial charge in [0.25, 0.3) is 0 Å². The fourth-order valence-electron chi connectivity index (χ4n) is 0.988. The maximum atomic E-state index is 10.5. The topological polar surface area (TPSA) is 64.3 Å². The van der Waals surface area contributed by atoms with E-state index in [0.29, 0.717) is 6.61 Å². The highest BCUT2D eigenvalue weighted by molar-refractivity contribution is 5.71. The summed E-state index contributed by atoms with van der Waals surface area (Å²) in [6.45, 7) is 4.82. The third-order valence-corrected chi connectivity index (χ3v) is 1.67. The largest absolute Gasteiger partial charge is 0.358 e. The van der Waals surface area contributed by atoms with Gasteiger partial charge in [0, 0.05) is 6.61 Å². The molecule has 0 aromatic carbocycles. The molecule has 4 heteroatoms. The molecular weight excluding hydrogens is 168 g/mol. The van der Waals surface area contributed by atoms with Gasteiger partial charge in [-0.2, -0.15) is 0 Å². The number of urea groups is 1. The molecule has 0 aliphatic carbocycles. The third kappa shape index (κ3) is 7.59. The highest BCUT2D eigenvalue weighted by Crippen LogP contribution is 2.00. The maximum Gasteiger partial charge on any atom is 0.314 e. The number of ether oxygens (including phenoxy) is 1. The van der Waals surface area contributed by atoms with Crippen molar-refractivity contribution in [1.82, 2.24) is 5.32 Å². The summed E-state index contributed by atoms with van der Waals surface area (Å²) >= 11 is 0. The quantitative estimate of drug-likeness (QED) is 0.471. The van der Waals surface area contributed by atoms with E-state index in [9.17, 15) is 4.79 Å². The lowest BCUT2D eigenvalue weighted by molar-refractivity contribution is 0.0304. The highest BCUT2D eigenvalue weighted by Gasteiger charge is 2.08. The van der Waals surface area contributed by atoms with Crippen molar-refractivity contribution in [2.45, 2.75) is 45.8 Å². The van der Waals surface area contributed by atoms with Gasteiger partial charge in [-0.05, 0) is 12.8 Å². The van der Waals surface area contributed by atoms with Gasteiger partial charge in [-0.3, -0.25) is 0 Å². The molecule has 1 unspecified atom stereocenters. The van der Waals surface area contributed by atoms with Crippen LogP contribution >= 0.6 is 0 Å². The lowest BCUT2D eigenvalue weighted by atomic mass is 10.3. The van der Waals surface area contributed by atoms with Crippen molar-refractivity contribution in [2.75, 3.05) is 6.61 Å². The second-order valence-electron chi connectivity index (χ2n) is 3.01. The van der Waals surface area contributed by atoms with Gasteiger partial charge in [-0.25, -0.2) is 4.79 Å². The van der Waals surface area contributed by atoms with Crippen LogP contribution in [-0.4, -0.2) is 18.9 Å². The number of amides is 2. The predicted molar refractivity (Wildman–Crippen MR) is 52.3 cm³/mol. The van der Waals surface area contributed by atoms with E-state index in [1.165, 1.54) is 0 Å². The first-order valence-corrected chi connectivity index (χ1v) is 4.88. The fourth-order valence-corrected chi connectivity index (χ4v) is 0.988. The Kier molecular flexibility index (Phi) is 7.39. The Morgan fingerprint density at radius 2 is 2.15 bits per heavy atom. The van der Waals surface area contributed by atoms with E-state index in [2.05, 4.69) is 12.2 Å². The monoisotopic (exact) mass is 188 g/mol. The molecule has 0 aliphatic heterocycles. The summed E-state index contributed by atoms with van der Waals surface area (Å²) in [5.41, 5.74) is 5.00. The molecule has 0 rings (SSSR count). The third-order valence-electron chi connectivity index (χ3n) is 1.67. The van der Waals surface area contributed by atoms with Gasteiger partial charge >= 0.3 is 6.03 Å². The standard InChI is InChI=1S/C9H20N2O2/c1-3-5-7-13-8(6-4-2)11-9(10)12/h8H,3-7H2,1-2H3,(H3,10,11,12). The minimum atomic E-state index is -0.519. The molecule has 0 radical (unpaired) electrons. The van der Waals surface area contributed by atoms with E-state index in [4.69, 9.17) is 10.5 Å². The summed E-state index contributed by atoms with van der Waals surface area (Å²) in [5, 5.41) is 2.56. The van der Waals surface area contributed by atoms with Crippen LogP contribution in [0, 0.1) is 0 Å². The minimum Gasteiger partial charge on any atom is -0.358 e. The summed E-state index contributed by atoms with van der Waals surface area (Å²) < 4.78 is 5.42. The van der Waals surface area contributed by atoms with E-state index in [0.717, 1.165) is 25.7 Å². The van der Waals surface area contributed by atoms with Crippen LogP contribution in [0.2, 0.25) is 0 Å². The second kappa shape index (κ2) is 7.86. The van der Waals surface area contributed by atoms with Crippen molar-refractivity contribution < 1.29 is 9.53 Å². The van der Waals surface area contributed by atoms with Crippen LogP contribution < -0.4 is 11.1 Å². The van der Waals surface area contributed by atoms with Crippen molar-refractivity contribution in [3.05, 3.63) is 0 Å². The minimum absolute atomic E-state index is 0.214. The van der Waals surface area contributed by atoms with Crippen LogP contribution in [0.4, 0.5) is 4.79 Å². The molecule has 0 fully saturated rings. The number of hydrogen-bond acceptors (Lipinski definition) is 2. The Balaban J connectivity index is 3.59. The van der Waals surface area contributed by atoms with Gasteiger partial charge in [0.15, 0.2) is 0 Å². The van der Waals surface area contributed by atoms with Gasteiger partial charge in [-0.15, -0.1) is 0 Å². The second-order valence-corrected chi connectivity index (χ2v) is 3.01. The molecule has 0 aromatic heterocycles. The van der Waals surface area contributed by atoms with Crippen LogP contribution in [-0.2, 0) is 4.74 Å². The smallest absolute Gasteiger partial charge is 0.314 e. The highest BCUT2D eigenvalue weighted by atomic mass is 16.5. The predicted octanol–water partition coefficient (Wildman–Crippen LogP) is 1.60. The van der Waals surface area contributed by atoms with Gasteiger partial charge in [0.1, 0.15) is 6.23 Å². The Morgan fingerprint density at radius 1 is 1.46 bits per heavy atom. The summed E-state index contributed by atoms with van der Waals surface area (Å²) in [5.74, 6) is 0. The molecule has 0 spiro atoms. The molecule has 0 saturated carbocycles. The van der Waals surface area contributed by atoms with Crippen molar-refractivity contribution in [1.29, 1.82) is 0 Å². The lowest BCUT2D eigenvalue weighted by Crippen LogP contribution is -2.40. The Hall–Kier alpha value is -0.770. The number of primary amides is 1. The molecule has 2 amide bonds. The van der Waals surface area contributed by atoms with Crippen LogP contribution in [0.5, 0.6) is 0 Å². The van der Waals surface area contributed by atoms with Crippen LogP contribution in [0.3, 0.4) is 0 Å². The summed E-state index contributed by atoms with van der Waals surface area (Å²) in [4.78, 5) is 10.5. The van der Waals surface area contributed by atoms with E-state index in [1.54, 1.807) is 0 Å². The lowest BCUT2D eigenvalue weighted by Gasteiger charge is -2.17. The first-order valence-electron chi connectivity index (χ1n) is 4.88. The molecule has 1 atom stereocenters. The first kappa shape index (κ1) is 12.2. The number of nitrogens with one attached hydrogen (secondary N) is 1. The zero-order valence-corrected chi connectivity index (χ0v) is 8.51. The first-order chi connectivity index (χ1) is 6.20. The van der Waals surface area contributed by atoms with Gasteiger partial charge < -0.3 is 15.8 Å². The Morgan fingerprint density at radius 3 is 2.62 bits per heavy atom. The molecule has 78 valence electrons. The van der Waals surface area contributed by atoms with Crippen LogP contribution in [0.15, 0.2) is 0 Å². The fraction of sp³-hybridized carbons (Fsp3) is 0.889. The number of nitrogens with two attached hydrogens (primary N) is 1. The Labute approximate surface area is 79.8 Å². The van der Waals surface area contributed by atoms with E-state index >= 15 is 0 Å².